The van der Waals surface area contributed by atoms with Crippen molar-refractivity contribution in [3.8, 4) is 0 Å². The van der Waals surface area contributed by atoms with Gasteiger partial charge >= 0.3 is 0 Å². The van der Waals surface area contributed by atoms with Crippen LogP contribution in [-0.4, -0.2) is 29.5 Å². The predicted octanol–water partition coefficient (Wildman–Crippen LogP) is 1.75. The van der Waals surface area contributed by atoms with E-state index in [0.717, 1.165) is 32.1 Å². The fraction of sp³-hybridized carbons (Fsp3) is 0.643. The van der Waals surface area contributed by atoms with Gasteiger partial charge in [-0.3, -0.25) is 4.79 Å². The number of hydrogen-bond acceptors (Lipinski definition) is 5. The summed E-state index contributed by atoms with van der Waals surface area (Å²) in [5.74, 6) is 0.297. The van der Waals surface area contributed by atoms with Gasteiger partial charge < -0.3 is 0 Å². The summed E-state index contributed by atoms with van der Waals surface area (Å²) in [6.07, 6.45) is 8.06. The normalized spacial score (nSPS) is 20.2. The Kier molecular flexibility index (Phi) is 3.93. The van der Waals surface area contributed by atoms with Gasteiger partial charge in [0, 0.05) is 12.1 Å². The molecule has 1 aromatic rings. The summed E-state index contributed by atoms with van der Waals surface area (Å²) in [7, 11) is -3.56. The largest absolute Gasteiger partial charge is 0.283 e. The third-order valence-corrected chi connectivity index (χ3v) is 6.17. The number of aromatic nitrogens is 2. The van der Waals surface area contributed by atoms with Crippen molar-refractivity contribution in [1.82, 2.24) is 14.7 Å². The fourth-order valence-electron chi connectivity index (χ4n) is 2.83. The van der Waals surface area contributed by atoms with Gasteiger partial charge in [-0.2, -0.15) is 0 Å². The Labute approximate surface area is 124 Å². The summed E-state index contributed by atoms with van der Waals surface area (Å²) in [4.78, 5) is 20.6. The zero-order chi connectivity index (χ0) is 14.9. The molecule has 114 valence electrons. The van der Waals surface area contributed by atoms with Crippen molar-refractivity contribution < 1.29 is 13.2 Å². The summed E-state index contributed by atoms with van der Waals surface area (Å²) in [5.41, 5.74) is 0.134. The molecule has 21 heavy (non-hydrogen) atoms. The molecule has 0 aromatic carbocycles. The quantitative estimate of drug-likeness (QED) is 0.915. The van der Waals surface area contributed by atoms with Crippen LogP contribution < -0.4 is 4.72 Å². The number of amides is 1. The first kappa shape index (κ1) is 14.4. The van der Waals surface area contributed by atoms with Crippen LogP contribution in [0.3, 0.4) is 0 Å². The van der Waals surface area contributed by atoms with Crippen LogP contribution >= 0.6 is 0 Å². The minimum atomic E-state index is -3.56. The van der Waals surface area contributed by atoms with Gasteiger partial charge in [0.2, 0.25) is 10.0 Å². The minimum Gasteiger partial charge on any atom is -0.266 e. The van der Waals surface area contributed by atoms with Crippen molar-refractivity contribution in [3.63, 3.8) is 0 Å². The van der Waals surface area contributed by atoms with E-state index in [-0.39, 0.29) is 5.69 Å². The van der Waals surface area contributed by atoms with E-state index in [2.05, 4.69) is 14.7 Å². The van der Waals surface area contributed by atoms with Crippen LogP contribution in [0, 0.1) is 0 Å². The second kappa shape index (κ2) is 5.71. The number of sulfonamides is 1. The zero-order valence-corrected chi connectivity index (χ0v) is 12.6. The van der Waals surface area contributed by atoms with Crippen LogP contribution in [0.25, 0.3) is 0 Å². The van der Waals surface area contributed by atoms with Gasteiger partial charge in [0.05, 0.1) is 5.25 Å². The van der Waals surface area contributed by atoms with Crippen molar-refractivity contribution in [3.05, 3.63) is 23.8 Å². The summed E-state index contributed by atoms with van der Waals surface area (Å²) < 4.78 is 26.1. The highest BCUT2D eigenvalue weighted by molar-refractivity contribution is 7.90. The van der Waals surface area contributed by atoms with Gasteiger partial charge in [0.15, 0.2) is 0 Å². The van der Waals surface area contributed by atoms with E-state index in [1.54, 1.807) is 0 Å². The van der Waals surface area contributed by atoms with Crippen LogP contribution in [0.4, 0.5) is 0 Å². The van der Waals surface area contributed by atoms with Crippen molar-refractivity contribution in [1.29, 1.82) is 0 Å². The molecule has 1 aromatic heterocycles. The first-order valence-electron chi connectivity index (χ1n) is 7.45. The van der Waals surface area contributed by atoms with Crippen LogP contribution in [-0.2, 0) is 10.0 Å². The second-order valence-corrected chi connectivity index (χ2v) is 7.77. The highest BCUT2D eigenvalue weighted by Gasteiger charge is 2.33. The number of carbonyl (C=O) groups is 1. The lowest BCUT2D eigenvalue weighted by atomic mass is 10.0. The van der Waals surface area contributed by atoms with E-state index in [9.17, 15) is 13.2 Å². The van der Waals surface area contributed by atoms with Gasteiger partial charge in [-0.05, 0) is 31.7 Å². The lowest BCUT2D eigenvalue weighted by Crippen LogP contribution is -2.41. The summed E-state index contributed by atoms with van der Waals surface area (Å²) >= 11 is 0. The summed E-state index contributed by atoms with van der Waals surface area (Å²) in [6.45, 7) is 0. The standard InChI is InChI=1S/C14H19N3O3S/c18-14(17-21(19,20)11-6-3-7-11)12-8-9-15-13(16-12)10-4-1-2-5-10/h8-11H,1-7H2,(H,17,18). The molecule has 1 heterocycles. The average molecular weight is 309 g/mol. The number of carbonyl (C=O) groups excluding carboxylic acids is 1. The van der Waals surface area contributed by atoms with Crippen molar-refractivity contribution >= 4 is 15.9 Å². The third kappa shape index (κ3) is 3.07. The number of nitrogens with one attached hydrogen (secondary N) is 1. The molecule has 0 unspecified atom stereocenters. The lowest BCUT2D eigenvalue weighted by molar-refractivity contribution is 0.0975. The molecule has 0 spiro atoms. The molecule has 0 atom stereocenters. The van der Waals surface area contributed by atoms with Crippen molar-refractivity contribution in [2.75, 3.05) is 0 Å². The highest BCUT2D eigenvalue weighted by atomic mass is 32.2. The molecule has 1 amide bonds. The molecular formula is C14H19N3O3S. The number of rotatable bonds is 4. The van der Waals surface area contributed by atoms with Gasteiger partial charge in [-0.1, -0.05) is 19.3 Å². The molecule has 2 aliphatic carbocycles. The Hall–Kier alpha value is -1.50. The molecule has 1 N–H and O–H groups in total. The molecule has 0 bridgehead atoms. The minimum absolute atomic E-state index is 0.134. The van der Waals surface area contributed by atoms with Crippen LogP contribution in [0.2, 0.25) is 0 Å². The van der Waals surface area contributed by atoms with E-state index < -0.39 is 21.2 Å². The number of hydrogen-bond donors (Lipinski definition) is 1. The Morgan fingerprint density at radius 3 is 2.48 bits per heavy atom. The van der Waals surface area contributed by atoms with Gasteiger partial charge in [0.1, 0.15) is 11.5 Å². The third-order valence-electron chi connectivity index (χ3n) is 4.35. The molecule has 2 saturated carbocycles. The molecule has 2 fully saturated rings. The summed E-state index contributed by atoms with van der Waals surface area (Å²) in [6, 6.07) is 1.46. The second-order valence-electron chi connectivity index (χ2n) is 5.81. The molecule has 0 saturated heterocycles. The van der Waals surface area contributed by atoms with E-state index >= 15 is 0 Å². The number of nitrogens with zero attached hydrogens (tertiary/aromatic N) is 2. The van der Waals surface area contributed by atoms with E-state index in [1.807, 2.05) is 0 Å². The maximum absolute atomic E-state index is 12.1. The lowest BCUT2D eigenvalue weighted by Gasteiger charge is -2.24. The Morgan fingerprint density at radius 1 is 1.14 bits per heavy atom. The molecular weight excluding hydrogens is 290 g/mol. The Bertz CT molecular complexity index is 635. The first-order chi connectivity index (χ1) is 10.1. The Morgan fingerprint density at radius 2 is 1.86 bits per heavy atom. The first-order valence-corrected chi connectivity index (χ1v) is 9.00. The van der Waals surface area contributed by atoms with E-state index in [0.29, 0.717) is 24.6 Å². The fourth-order valence-corrected chi connectivity index (χ4v) is 4.31. The molecule has 7 heteroatoms. The smallest absolute Gasteiger partial charge is 0.266 e. The van der Waals surface area contributed by atoms with Gasteiger partial charge in [-0.25, -0.2) is 23.1 Å². The van der Waals surface area contributed by atoms with Crippen LogP contribution in [0.1, 0.15) is 67.2 Å². The van der Waals surface area contributed by atoms with Gasteiger partial charge in [-0.15, -0.1) is 0 Å². The molecule has 0 aliphatic heterocycles. The summed E-state index contributed by atoms with van der Waals surface area (Å²) in [5, 5.41) is -0.433. The molecule has 0 radical (unpaired) electrons. The topological polar surface area (TPSA) is 89.0 Å². The zero-order valence-electron chi connectivity index (χ0n) is 11.8. The maximum Gasteiger partial charge on any atom is 0.283 e. The van der Waals surface area contributed by atoms with Crippen molar-refractivity contribution in [2.24, 2.45) is 0 Å². The predicted molar refractivity (Wildman–Crippen MR) is 77.3 cm³/mol. The molecule has 6 nitrogen and oxygen atoms in total. The maximum atomic E-state index is 12.1. The molecule has 3 rings (SSSR count). The SMILES string of the molecule is O=C(NS(=O)(=O)C1CCC1)c1ccnc(C2CCCC2)n1. The van der Waals surface area contributed by atoms with Crippen molar-refractivity contribution in [2.45, 2.75) is 56.1 Å². The average Bonchev–Trinajstić information content (AvgIpc) is 2.89. The van der Waals surface area contributed by atoms with E-state index in [4.69, 9.17) is 0 Å². The van der Waals surface area contributed by atoms with Crippen LogP contribution in [0.15, 0.2) is 12.3 Å². The monoisotopic (exact) mass is 309 g/mol. The van der Waals surface area contributed by atoms with Crippen LogP contribution in [0.5, 0.6) is 0 Å². The highest BCUT2D eigenvalue weighted by Crippen LogP contribution is 2.31. The van der Waals surface area contributed by atoms with Gasteiger partial charge in [0.25, 0.3) is 5.91 Å². The Balaban J connectivity index is 1.73. The molecule has 2 aliphatic rings. The van der Waals surface area contributed by atoms with E-state index in [1.165, 1.54) is 12.3 Å².